The third kappa shape index (κ3) is 4.20. The molecule has 0 N–H and O–H groups in total. The Balaban J connectivity index is 2.91. The molecule has 0 aliphatic rings. The zero-order valence-electron chi connectivity index (χ0n) is 11.2. The molecule has 0 amide bonds. The highest BCUT2D eigenvalue weighted by atomic mass is 31.0. The van der Waals surface area contributed by atoms with Crippen LogP contribution in [0, 0.1) is 0 Å². The molecule has 1 rings (SSSR count). The number of rotatable bonds is 6. The van der Waals surface area contributed by atoms with Crippen molar-refractivity contribution in [2.45, 2.75) is 52.7 Å². The van der Waals surface area contributed by atoms with Gasteiger partial charge in [-0.3, -0.25) is 0 Å². The largest absolute Gasteiger partial charge is 0.487 e. The molecule has 3 heteroatoms. The predicted molar refractivity (Wildman–Crippen MR) is 76.5 cm³/mol. The number of ether oxygens (including phenoxy) is 2. The minimum atomic E-state index is 0.205. The molecule has 1 aromatic rings. The fourth-order valence-electron chi connectivity index (χ4n) is 1.34. The van der Waals surface area contributed by atoms with Crippen LogP contribution >= 0.6 is 9.24 Å². The van der Waals surface area contributed by atoms with Crippen LogP contribution < -0.4 is 14.8 Å². The van der Waals surface area contributed by atoms with Gasteiger partial charge >= 0.3 is 0 Å². The summed E-state index contributed by atoms with van der Waals surface area (Å²) >= 11 is 0. The Bertz CT molecular complexity index is 352. The Morgan fingerprint density at radius 1 is 1.06 bits per heavy atom. The molecule has 0 radical (unpaired) electrons. The summed E-state index contributed by atoms with van der Waals surface area (Å²) in [6.45, 7) is 8.38. The Hall–Kier alpha value is -0.750. The van der Waals surface area contributed by atoms with Crippen molar-refractivity contribution in [1.29, 1.82) is 0 Å². The van der Waals surface area contributed by atoms with Crippen molar-refractivity contribution < 1.29 is 9.47 Å². The highest BCUT2D eigenvalue weighted by molar-refractivity contribution is 7.27. The number of hydrogen-bond acceptors (Lipinski definition) is 2. The molecule has 0 aromatic heterocycles. The SMILES string of the molecule is CCC(C)Oc1cccc(P)c1OC(C)CC. The molecule has 0 aliphatic heterocycles. The third-order valence-corrected chi connectivity index (χ3v) is 3.26. The standard InChI is InChI=1S/C14H23O2P/c1-5-10(3)15-12-8-7-9-13(17)14(12)16-11(4)6-2/h7-11H,5-6,17H2,1-4H3. The van der Waals surface area contributed by atoms with Crippen LogP contribution in [0.4, 0.5) is 0 Å². The molecule has 0 fully saturated rings. The first-order valence-electron chi connectivity index (χ1n) is 6.30. The summed E-state index contributed by atoms with van der Waals surface area (Å²) in [7, 11) is 2.70. The van der Waals surface area contributed by atoms with Gasteiger partial charge in [-0.15, -0.1) is 9.24 Å². The van der Waals surface area contributed by atoms with E-state index in [2.05, 4.69) is 36.9 Å². The first-order chi connectivity index (χ1) is 8.08. The summed E-state index contributed by atoms with van der Waals surface area (Å²) in [5.74, 6) is 1.69. The van der Waals surface area contributed by atoms with E-state index in [4.69, 9.17) is 9.47 Å². The van der Waals surface area contributed by atoms with Gasteiger partial charge in [0.25, 0.3) is 0 Å². The van der Waals surface area contributed by atoms with Crippen molar-refractivity contribution in [3.05, 3.63) is 18.2 Å². The van der Waals surface area contributed by atoms with Crippen molar-refractivity contribution in [3.63, 3.8) is 0 Å². The molecule has 17 heavy (non-hydrogen) atoms. The summed E-state index contributed by atoms with van der Waals surface area (Å²) in [6.07, 6.45) is 2.39. The molecule has 3 unspecified atom stereocenters. The molecule has 0 aliphatic carbocycles. The van der Waals surface area contributed by atoms with Gasteiger partial charge in [0.15, 0.2) is 11.5 Å². The van der Waals surface area contributed by atoms with Crippen LogP contribution in [0.15, 0.2) is 18.2 Å². The molecular weight excluding hydrogens is 231 g/mol. The van der Waals surface area contributed by atoms with E-state index in [0.29, 0.717) is 0 Å². The lowest BCUT2D eigenvalue weighted by Gasteiger charge is -2.20. The van der Waals surface area contributed by atoms with E-state index in [0.717, 1.165) is 29.6 Å². The fourth-order valence-corrected chi connectivity index (χ4v) is 1.66. The second-order valence-corrected chi connectivity index (χ2v) is 4.97. The first kappa shape index (κ1) is 14.3. The van der Waals surface area contributed by atoms with Crippen LogP contribution in [0.5, 0.6) is 11.5 Å². The molecule has 0 saturated heterocycles. The van der Waals surface area contributed by atoms with Crippen molar-refractivity contribution in [2.75, 3.05) is 0 Å². The zero-order chi connectivity index (χ0) is 12.8. The number of para-hydroxylation sites is 1. The van der Waals surface area contributed by atoms with Crippen LogP contribution in [0.2, 0.25) is 0 Å². The quantitative estimate of drug-likeness (QED) is 0.723. The summed E-state index contributed by atoms with van der Waals surface area (Å²) in [5, 5.41) is 1.05. The minimum absolute atomic E-state index is 0.205. The monoisotopic (exact) mass is 254 g/mol. The Morgan fingerprint density at radius 3 is 2.24 bits per heavy atom. The van der Waals surface area contributed by atoms with Crippen molar-refractivity contribution >= 4 is 14.5 Å². The minimum Gasteiger partial charge on any atom is -0.487 e. The van der Waals surface area contributed by atoms with Gasteiger partial charge in [-0.2, -0.15) is 0 Å². The molecule has 1 aromatic carbocycles. The van der Waals surface area contributed by atoms with Gasteiger partial charge in [0.1, 0.15) is 0 Å². The zero-order valence-corrected chi connectivity index (χ0v) is 12.3. The summed E-state index contributed by atoms with van der Waals surface area (Å²) in [6, 6.07) is 5.98. The van der Waals surface area contributed by atoms with Crippen LogP contribution in [0.1, 0.15) is 40.5 Å². The maximum absolute atomic E-state index is 5.92. The van der Waals surface area contributed by atoms with Crippen LogP contribution in [0.3, 0.4) is 0 Å². The highest BCUT2D eigenvalue weighted by Crippen LogP contribution is 2.29. The fraction of sp³-hybridized carbons (Fsp3) is 0.571. The Kier molecular flexibility index (Phi) is 5.77. The van der Waals surface area contributed by atoms with Gasteiger partial charge < -0.3 is 9.47 Å². The third-order valence-electron chi connectivity index (χ3n) is 2.81. The average Bonchev–Trinajstić information content (AvgIpc) is 2.33. The van der Waals surface area contributed by atoms with E-state index >= 15 is 0 Å². The second kappa shape index (κ2) is 6.86. The van der Waals surface area contributed by atoms with E-state index in [1.165, 1.54) is 0 Å². The molecule has 0 bridgehead atoms. The van der Waals surface area contributed by atoms with Crippen molar-refractivity contribution in [1.82, 2.24) is 0 Å². The molecule has 96 valence electrons. The van der Waals surface area contributed by atoms with E-state index in [9.17, 15) is 0 Å². The Labute approximate surface area is 107 Å². The average molecular weight is 254 g/mol. The van der Waals surface area contributed by atoms with Crippen LogP contribution in [-0.4, -0.2) is 12.2 Å². The molecule has 0 spiro atoms. The summed E-state index contributed by atoms with van der Waals surface area (Å²) < 4.78 is 11.8. The van der Waals surface area contributed by atoms with E-state index in [-0.39, 0.29) is 12.2 Å². The lowest BCUT2D eigenvalue weighted by molar-refractivity contribution is 0.178. The second-order valence-electron chi connectivity index (χ2n) is 4.35. The molecule has 3 atom stereocenters. The summed E-state index contributed by atoms with van der Waals surface area (Å²) in [4.78, 5) is 0. The smallest absolute Gasteiger partial charge is 0.168 e. The maximum Gasteiger partial charge on any atom is 0.168 e. The molecular formula is C14H23O2P. The van der Waals surface area contributed by atoms with Crippen LogP contribution in [0.25, 0.3) is 0 Å². The van der Waals surface area contributed by atoms with Gasteiger partial charge in [-0.05, 0) is 32.8 Å². The molecule has 2 nitrogen and oxygen atoms in total. The van der Waals surface area contributed by atoms with Crippen LogP contribution in [-0.2, 0) is 0 Å². The topological polar surface area (TPSA) is 18.5 Å². The number of hydrogen-bond donors (Lipinski definition) is 0. The van der Waals surface area contributed by atoms with E-state index in [1.807, 2.05) is 18.2 Å². The van der Waals surface area contributed by atoms with E-state index < -0.39 is 0 Å². The highest BCUT2D eigenvalue weighted by Gasteiger charge is 2.13. The normalized spacial score (nSPS) is 14.2. The van der Waals surface area contributed by atoms with Crippen molar-refractivity contribution in [2.24, 2.45) is 0 Å². The number of benzene rings is 1. The predicted octanol–water partition coefficient (Wildman–Crippen LogP) is 3.54. The van der Waals surface area contributed by atoms with Gasteiger partial charge in [-0.25, -0.2) is 0 Å². The first-order valence-corrected chi connectivity index (χ1v) is 6.88. The lowest BCUT2D eigenvalue weighted by atomic mass is 10.2. The lowest BCUT2D eigenvalue weighted by Crippen LogP contribution is -2.17. The summed E-state index contributed by atoms with van der Waals surface area (Å²) in [5.41, 5.74) is 0. The van der Waals surface area contributed by atoms with Gasteiger partial charge in [0.2, 0.25) is 0 Å². The molecule has 0 saturated carbocycles. The van der Waals surface area contributed by atoms with Crippen molar-refractivity contribution in [3.8, 4) is 11.5 Å². The Morgan fingerprint density at radius 2 is 1.65 bits per heavy atom. The van der Waals surface area contributed by atoms with Gasteiger partial charge in [0, 0.05) is 5.30 Å². The molecule has 0 heterocycles. The maximum atomic E-state index is 5.92. The van der Waals surface area contributed by atoms with E-state index in [1.54, 1.807) is 0 Å². The van der Waals surface area contributed by atoms with Gasteiger partial charge in [0.05, 0.1) is 12.2 Å². The van der Waals surface area contributed by atoms with Gasteiger partial charge in [-0.1, -0.05) is 26.0 Å².